The first-order valence-electron chi connectivity index (χ1n) is 37.0. The highest BCUT2D eigenvalue weighted by molar-refractivity contribution is 7.47. The lowest BCUT2D eigenvalue weighted by Gasteiger charge is -2.27. The average Bonchev–Trinajstić information content (AvgIpc) is 3.52. The average molecular weight is 1220 g/mol. The van der Waals surface area contributed by atoms with E-state index in [0.717, 1.165) is 64.2 Å². The van der Waals surface area contributed by atoms with Crippen LogP contribution in [0.5, 0.6) is 0 Å². The van der Waals surface area contributed by atoms with Crippen molar-refractivity contribution in [3.05, 3.63) is 48.6 Å². The maximum absolute atomic E-state index is 13.6. The number of allylic oxidation sites excluding steroid dienone is 7. The third-order valence-corrected chi connectivity index (χ3v) is 17.7. The molecular weight excluding hydrogens is 1070 g/mol. The number of rotatable bonds is 68. The summed E-state index contributed by atoms with van der Waals surface area (Å²) in [7, 11) is 1.51. The molecule has 0 spiro atoms. The van der Waals surface area contributed by atoms with Crippen LogP contribution in [0.25, 0.3) is 0 Å². The number of phosphoric acid groups is 1. The first-order valence-corrected chi connectivity index (χ1v) is 38.5. The summed E-state index contributed by atoms with van der Waals surface area (Å²) < 4.78 is 30.9. The van der Waals surface area contributed by atoms with Crippen LogP contribution in [0.2, 0.25) is 0 Å². The number of esters is 1. The molecule has 0 aromatic rings. The predicted molar refractivity (Wildman–Crippen MR) is 369 cm³/mol. The third-order valence-electron chi connectivity index (χ3n) is 16.7. The quantitative estimate of drug-likeness (QED) is 0.0205. The van der Waals surface area contributed by atoms with Gasteiger partial charge in [-0.05, 0) is 89.5 Å². The fourth-order valence-corrected chi connectivity index (χ4v) is 11.8. The fraction of sp³-hybridized carbons (Fsp3) is 0.867. The number of phosphoric ester groups is 1. The molecule has 3 atom stereocenters. The molecule has 0 radical (unpaired) electrons. The number of nitrogens with zero attached hydrogens (tertiary/aromatic N) is 1. The van der Waals surface area contributed by atoms with E-state index in [0.29, 0.717) is 23.9 Å². The zero-order chi connectivity index (χ0) is 62.1. The Morgan fingerprint density at radius 2 is 0.718 bits per heavy atom. The number of carbonyl (C=O) groups is 2. The van der Waals surface area contributed by atoms with Gasteiger partial charge in [0.05, 0.1) is 33.8 Å². The van der Waals surface area contributed by atoms with E-state index >= 15 is 0 Å². The maximum atomic E-state index is 13.6. The van der Waals surface area contributed by atoms with Crippen molar-refractivity contribution >= 4 is 19.7 Å². The Labute approximate surface area is 529 Å². The third kappa shape index (κ3) is 66.2. The van der Waals surface area contributed by atoms with Crippen LogP contribution in [0.4, 0.5) is 0 Å². The summed E-state index contributed by atoms with van der Waals surface area (Å²) in [6, 6.07) is -0.848. The molecule has 0 bridgehead atoms. The van der Waals surface area contributed by atoms with Gasteiger partial charge in [0.25, 0.3) is 0 Å². The van der Waals surface area contributed by atoms with Crippen molar-refractivity contribution in [3.63, 3.8) is 0 Å². The van der Waals surface area contributed by atoms with E-state index in [1.165, 1.54) is 270 Å². The van der Waals surface area contributed by atoms with Gasteiger partial charge < -0.3 is 19.4 Å². The van der Waals surface area contributed by atoms with Crippen molar-refractivity contribution < 1.29 is 37.3 Å². The second-order valence-electron chi connectivity index (χ2n) is 26.5. The van der Waals surface area contributed by atoms with Gasteiger partial charge in [-0.15, -0.1) is 0 Å². The zero-order valence-corrected chi connectivity index (χ0v) is 58.3. The van der Waals surface area contributed by atoms with Gasteiger partial charge in [-0.1, -0.05) is 314 Å². The van der Waals surface area contributed by atoms with Gasteiger partial charge >= 0.3 is 13.8 Å². The van der Waals surface area contributed by atoms with E-state index in [4.69, 9.17) is 13.8 Å². The fourth-order valence-electron chi connectivity index (χ4n) is 11.0. The maximum Gasteiger partial charge on any atom is 0.472 e. The van der Waals surface area contributed by atoms with E-state index in [9.17, 15) is 19.0 Å². The van der Waals surface area contributed by atoms with E-state index in [-0.39, 0.29) is 25.1 Å². The monoisotopic (exact) mass is 1220 g/mol. The summed E-state index contributed by atoms with van der Waals surface area (Å²) in [6.45, 7) is 7.04. The molecule has 500 valence electrons. The van der Waals surface area contributed by atoms with Gasteiger partial charge in [-0.25, -0.2) is 4.57 Å². The standard InChI is InChI=1S/C75H143N2O7P/c1-7-10-13-16-19-22-25-28-30-32-34-36-38-40-42-44-46-49-52-55-58-61-64-67-74(78)76-72(71-83-85(80,81)82-70-69-77(4,5)6)73(66-63-60-57-54-51-48-27-24-21-18-15-12-9-3)84-75(79)68-65-62-59-56-53-50-47-45-43-41-39-37-35-33-31-29-26-23-20-17-14-11-8-2/h19,22,28-31,63,66,72-73H,7-18,20-21,23-27,32-62,64-65,67-71H2,1-6H3,(H-,76,78,80,81)/p+1/b22-19-,30-28-,31-29+,66-63+. The largest absolute Gasteiger partial charge is 0.472 e. The van der Waals surface area contributed by atoms with E-state index in [1.54, 1.807) is 0 Å². The number of carbonyl (C=O) groups excluding carboxylic acids is 2. The topological polar surface area (TPSA) is 111 Å². The highest BCUT2D eigenvalue weighted by Gasteiger charge is 2.30. The molecule has 2 N–H and O–H groups in total. The molecular formula is C75H144N2O7P+. The van der Waals surface area contributed by atoms with E-state index < -0.39 is 20.0 Å². The molecule has 1 amide bonds. The normalized spacial score (nSPS) is 13.7. The summed E-state index contributed by atoms with van der Waals surface area (Å²) in [5.41, 5.74) is 0. The van der Waals surface area contributed by atoms with Gasteiger partial charge in [0, 0.05) is 12.8 Å². The zero-order valence-electron chi connectivity index (χ0n) is 57.4. The molecule has 10 heteroatoms. The number of quaternary nitrogens is 1. The van der Waals surface area contributed by atoms with Crippen molar-refractivity contribution in [2.75, 3.05) is 40.9 Å². The van der Waals surface area contributed by atoms with Crippen LogP contribution in [0, 0.1) is 0 Å². The van der Waals surface area contributed by atoms with Crippen LogP contribution in [0.1, 0.15) is 367 Å². The minimum Gasteiger partial charge on any atom is -0.456 e. The molecule has 9 nitrogen and oxygen atoms in total. The number of nitrogens with one attached hydrogen (secondary N) is 1. The van der Waals surface area contributed by atoms with Gasteiger partial charge in [-0.3, -0.25) is 18.6 Å². The van der Waals surface area contributed by atoms with Crippen molar-refractivity contribution in [1.29, 1.82) is 0 Å². The summed E-state index contributed by atoms with van der Waals surface area (Å²) in [5.74, 6) is -0.488. The molecule has 0 aliphatic rings. The summed E-state index contributed by atoms with van der Waals surface area (Å²) in [6.07, 6.45) is 82.7. The number of hydrogen-bond donors (Lipinski definition) is 2. The number of unbranched alkanes of at least 4 members (excludes halogenated alkanes) is 46. The second-order valence-corrected chi connectivity index (χ2v) is 27.9. The summed E-state index contributed by atoms with van der Waals surface area (Å²) in [4.78, 5) is 38.0. The molecule has 85 heavy (non-hydrogen) atoms. The van der Waals surface area contributed by atoms with Gasteiger partial charge in [0.2, 0.25) is 5.91 Å². The molecule has 0 aliphatic carbocycles. The first kappa shape index (κ1) is 83.0. The highest BCUT2D eigenvalue weighted by Crippen LogP contribution is 2.43. The van der Waals surface area contributed by atoms with E-state index in [2.05, 4.69) is 68.6 Å². The number of ether oxygens (including phenoxy) is 1. The van der Waals surface area contributed by atoms with Gasteiger partial charge in [-0.2, -0.15) is 0 Å². The van der Waals surface area contributed by atoms with Crippen LogP contribution in [-0.2, 0) is 27.9 Å². The Morgan fingerprint density at radius 1 is 0.412 bits per heavy atom. The Balaban J connectivity index is 5.05. The summed E-state index contributed by atoms with van der Waals surface area (Å²) >= 11 is 0. The van der Waals surface area contributed by atoms with Crippen LogP contribution in [0.3, 0.4) is 0 Å². The van der Waals surface area contributed by atoms with Gasteiger partial charge in [0.15, 0.2) is 0 Å². The lowest BCUT2D eigenvalue weighted by atomic mass is 10.0. The van der Waals surface area contributed by atoms with Crippen molar-refractivity contribution in [2.45, 2.75) is 380 Å². The predicted octanol–water partition coefficient (Wildman–Crippen LogP) is 23.6. The molecule has 0 rings (SSSR count). The molecule has 3 unspecified atom stereocenters. The minimum atomic E-state index is -4.45. The second kappa shape index (κ2) is 64.9. The SMILES string of the molecule is CCCCC/C=C\C/C=C\CCCCCCCCCCCCCCCC(=O)NC(COP(=O)(O)OCC[N+](C)(C)C)C(/C=C/CCCCCCCCCCCCC)OC(=O)CCCCCCCCCCCCCCC/C=C/CCCCCCCC. The molecule has 0 aromatic carbocycles. The molecule has 0 saturated carbocycles. The van der Waals surface area contributed by atoms with E-state index in [1.807, 2.05) is 27.2 Å². The Bertz CT molecular complexity index is 1590. The van der Waals surface area contributed by atoms with Crippen molar-refractivity contribution in [2.24, 2.45) is 0 Å². The lowest BCUT2D eigenvalue weighted by molar-refractivity contribution is -0.870. The minimum absolute atomic E-state index is 0.0418. The Kier molecular flexibility index (Phi) is 63.4. The Morgan fingerprint density at radius 3 is 1.09 bits per heavy atom. The molecule has 0 saturated heterocycles. The number of likely N-dealkylation sites (N-methyl/N-ethyl adjacent to an activating group) is 1. The molecule has 0 aromatic heterocycles. The molecule has 0 fully saturated rings. The summed E-state index contributed by atoms with van der Waals surface area (Å²) in [5, 5.41) is 3.08. The molecule has 0 aliphatic heterocycles. The van der Waals surface area contributed by atoms with Crippen molar-refractivity contribution in [1.82, 2.24) is 5.32 Å². The van der Waals surface area contributed by atoms with Crippen molar-refractivity contribution in [3.8, 4) is 0 Å². The highest BCUT2D eigenvalue weighted by atomic mass is 31.2. The van der Waals surface area contributed by atoms with Gasteiger partial charge in [0.1, 0.15) is 19.3 Å². The van der Waals surface area contributed by atoms with Crippen LogP contribution >= 0.6 is 7.82 Å². The van der Waals surface area contributed by atoms with Crippen LogP contribution in [-0.4, -0.2) is 74.3 Å². The first-order chi connectivity index (χ1) is 41.4. The van der Waals surface area contributed by atoms with Crippen LogP contribution < -0.4 is 5.32 Å². The number of amides is 1. The Hall–Kier alpha value is -2.03. The smallest absolute Gasteiger partial charge is 0.456 e. The number of hydrogen-bond acceptors (Lipinski definition) is 6. The lowest BCUT2D eigenvalue weighted by Crippen LogP contribution is -2.47. The molecule has 0 heterocycles. The van der Waals surface area contributed by atoms with Crippen LogP contribution in [0.15, 0.2) is 48.6 Å².